The van der Waals surface area contributed by atoms with Crippen molar-refractivity contribution in [2.75, 3.05) is 12.3 Å². The zero-order valence-corrected chi connectivity index (χ0v) is 11.5. The summed E-state index contributed by atoms with van der Waals surface area (Å²) in [5, 5.41) is 0. The van der Waals surface area contributed by atoms with Crippen molar-refractivity contribution in [2.24, 2.45) is 0 Å². The van der Waals surface area contributed by atoms with E-state index in [1.165, 1.54) is 5.56 Å². The van der Waals surface area contributed by atoms with E-state index in [0.29, 0.717) is 5.82 Å². The predicted octanol–water partition coefficient (Wildman–Crippen LogP) is 3.20. The first-order valence-electron chi connectivity index (χ1n) is 7.09. The first kappa shape index (κ1) is 12.1. The molecular weight excluding hydrogens is 262 g/mol. The van der Waals surface area contributed by atoms with Gasteiger partial charge in [0.05, 0.1) is 17.6 Å². The average molecular weight is 277 g/mol. The summed E-state index contributed by atoms with van der Waals surface area (Å²) in [7, 11) is 0. The van der Waals surface area contributed by atoms with Gasteiger partial charge in [-0.15, -0.1) is 0 Å². The van der Waals surface area contributed by atoms with E-state index in [1.807, 2.05) is 36.4 Å². The van der Waals surface area contributed by atoms with E-state index in [-0.39, 0.29) is 0 Å². The number of ether oxygens (including phenoxy) is 1. The second-order valence-electron chi connectivity index (χ2n) is 5.22. The molecule has 4 heteroatoms. The monoisotopic (exact) mass is 277 g/mol. The number of aromatic nitrogens is 2. The number of nitrogens with two attached hydrogens (primary N) is 1. The molecule has 0 saturated heterocycles. The maximum absolute atomic E-state index is 6.09. The average Bonchev–Trinajstić information content (AvgIpc) is 2.54. The highest BCUT2D eigenvalue weighted by atomic mass is 16.5. The molecule has 1 aliphatic rings. The SMILES string of the molecule is Nc1nc2ccccc2nc1-c1ccc2c(c1)CCCO2. The number of benzene rings is 2. The number of fused-ring (bicyclic) bond motifs is 2. The quantitative estimate of drug-likeness (QED) is 0.742. The van der Waals surface area contributed by atoms with Crippen LogP contribution in [0, 0.1) is 0 Å². The molecular formula is C17H15N3O. The van der Waals surface area contributed by atoms with E-state index < -0.39 is 0 Å². The zero-order chi connectivity index (χ0) is 14.2. The van der Waals surface area contributed by atoms with E-state index >= 15 is 0 Å². The van der Waals surface area contributed by atoms with Crippen LogP contribution in [0.4, 0.5) is 5.82 Å². The van der Waals surface area contributed by atoms with Gasteiger partial charge in [0.25, 0.3) is 0 Å². The number of anilines is 1. The Labute approximate surface area is 122 Å². The number of nitrogens with zero attached hydrogens (tertiary/aromatic N) is 2. The normalized spacial score (nSPS) is 13.7. The Morgan fingerprint density at radius 3 is 2.67 bits per heavy atom. The Kier molecular flexibility index (Phi) is 2.74. The molecule has 0 unspecified atom stereocenters. The van der Waals surface area contributed by atoms with Gasteiger partial charge in [-0.05, 0) is 48.7 Å². The van der Waals surface area contributed by atoms with Crippen LogP contribution in [-0.2, 0) is 6.42 Å². The van der Waals surface area contributed by atoms with Crippen LogP contribution in [0.5, 0.6) is 5.75 Å². The Bertz CT molecular complexity index is 829. The first-order chi connectivity index (χ1) is 10.3. The smallest absolute Gasteiger partial charge is 0.150 e. The van der Waals surface area contributed by atoms with Gasteiger partial charge < -0.3 is 10.5 Å². The van der Waals surface area contributed by atoms with Crippen LogP contribution < -0.4 is 10.5 Å². The van der Waals surface area contributed by atoms with Crippen LogP contribution in [0.15, 0.2) is 42.5 Å². The molecule has 0 spiro atoms. The largest absolute Gasteiger partial charge is 0.493 e. The molecule has 0 amide bonds. The molecule has 0 fully saturated rings. The number of aryl methyl sites for hydroxylation is 1. The molecule has 2 aromatic carbocycles. The van der Waals surface area contributed by atoms with Gasteiger partial charge in [-0.25, -0.2) is 9.97 Å². The van der Waals surface area contributed by atoms with Crippen LogP contribution in [-0.4, -0.2) is 16.6 Å². The van der Waals surface area contributed by atoms with Gasteiger partial charge in [-0.3, -0.25) is 0 Å². The van der Waals surface area contributed by atoms with Crippen LogP contribution in [0.3, 0.4) is 0 Å². The number of hydrogen-bond acceptors (Lipinski definition) is 4. The van der Waals surface area contributed by atoms with Crippen molar-refractivity contribution < 1.29 is 4.74 Å². The lowest BCUT2D eigenvalue weighted by molar-refractivity contribution is 0.288. The fourth-order valence-corrected chi connectivity index (χ4v) is 2.73. The molecule has 3 aromatic rings. The van der Waals surface area contributed by atoms with Gasteiger partial charge in [-0.1, -0.05) is 12.1 Å². The first-order valence-corrected chi connectivity index (χ1v) is 7.09. The lowest BCUT2D eigenvalue weighted by atomic mass is 10.0. The Hall–Kier alpha value is -2.62. The van der Waals surface area contributed by atoms with Crippen molar-refractivity contribution in [1.29, 1.82) is 0 Å². The number of nitrogen functional groups attached to an aromatic ring is 1. The molecule has 1 aromatic heterocycles. The molecule has 1 aliphatic heterocycles. The summed E-state index contributed by atoms with van der Waals surface area (Å²) in [6.45, 7) is 0.796. The van der Waals surface area contributed by atoms with Crippen LogP contribution >= 0.6 is 0 Å². The summed E-state index contributed by atoms with van der Waals surface area (Å²) >= 11 is 0. The van der Waals surface area contributed by atoms with E-state index in [0.717, 1.165) is 47.5 Å². The molecule has 0 atom stereocenters. The molecule has 21 heavy (non-hydrogen) atoms. The van der Waals surface area contributed by atoms with Gasteiger partial charge >= 0.3 is 0 Å². The highest BCUT2D eigenvalue weighted by Crippen LogP contribution is 2.31. The minimum absolute atomic E-state index is 0.463. The van der Waals surface area contributed by atoms with Crippen molar-refractivity contribution in [1.82, 2.24) is 9.97 Å². The van der Waals surface area contributed by atoms with Crippen LogP contribution in [0.25, 0.3) is 22.3 Å². The van der Waals surface area contributed by atoms with E-state index in [4.69, 9.17) is 10.5 Å². The fourth-order valence-electron chi connectivity index (χ4n) is 2.73. The molecule has 2 heterocycles. The minimum atomic E-state index is 0.463. The summed E-state index contributed by atoms with van der Waals surface area (Å²) < 4.78 is 5.65. The Morgan fingerprint density at radius 2 is 1.81 bits per heavy atom. The lowest BCUT2D eigenvalue weighted by Gasteiger charge is -2.18. The maximum atomic E-state index is 6.09. The standard InChI is InChI=1S/C17H15N3O/c18-17-16(19-13-5-1-2-6-14(13)20-17)12-7-8-15-11(10-12)4-3-9-21-15/h1-2,5-8,10H,3-4,9H2,(H2,18,20). The molecule has 0 aliphatic carbocycles. The Morgan fingerprint density at radius 1 is 1.00 bits per heavy atom. The minimum Gasteiger partial charge on any atom is -0.493 e. The van der Waals surface area contributed by atoms with Crippen LogP contribution in [0.2, 0.25) is 0 Å². The zero-order valence-electron chi connectivity index (χ0n) is 11.5. The van der Waals surface area contributed by atoms with Crippen molar-refractivity contribution in [2.45, 2.75) is 12.8 Å². The van der Waals surface area contributed by atoms with Gasteiger partial charge in [0.1, 0.15) is 11.4 Å². The van der Waals surface area contributed by atoms with E-state index in [9.17, 15) is 0 Å². The third kappa shape index (κ3) is 2.09. The van der Waals surface area contributed by atoms with Crippen molar-refractivity contribution in [3.63, 3.8) is 0 Å². The molecule has 4 nitrogen and oxygen atoms in total. The molecule has 0 saturated carbocycles. The lowest BCUT2D eigenvalue weighted by Crippen LogP contribution is -2.08. The topological polar surface area (TPSA) is 61.0 Å². The molecule has 104 valence electrons. The second-order valence-corrected chi connectivity index (χ2v) is 5.22. The summed E-state index contributed by atoms with van der Waals surface area (Å²) in [4.78, 5) is 9.11. The number of hydrogen-bond donors (Lipinski definition) is 1. The van der Waals surface area contributed by atoms with Gasteiger partial charge in [0.2, 0.25) is 0 Å². The Balaban J connectivity index is 1.87. The summed E-state index contributed by atoms with van der Waals surface area (Å²) in [5.74, 6) is 1.43. The highest BCUT2D eigenvalue weighted by Gasteiger charge is 2.14. The molecule has 0 radical (unpaired) electrons. The van der Waals surface area contributed by atoms with E-state index in [2.05, 4.69) is 16.0 Å². The maximum Gasteiger partial charge on any atom is 0.150 e. The summed E-state index contributed by atoms with van der Waals surface area (Å²) in [6.07, 6.45) is 2.08. The molecule has 2 N–H and O–H groups in total. The van der Waals surface area contributed by atoms with Crippen molar-refractivity contribution in [3.8, 4) is 17.0 Å². The third-order valence-corrected chi connectivity index (χ3v) is 3.78. The molecule has 4 rings (SSSR count). The molecule has 0 bridgehead atoms. The third-order valence-electron chi connectivity index (χ3n) is 3.78. The van der Waals surface area contributed by atoms with Crippen molar-refractivity contribution >= 4 is 16.9 Å². The fraction of sp³-hybridized carbons (Fsp3) is 0.176. The number of rotatable bonds is 1. The van der Waals surface area contributed by atoms with Crippen LogP contribution in [0.1, 0.15) is 12.0 Å². The summed E-state index contributed by atoms with van der Waals surface area (Å²) in [6, 6.07) is 13.9. The van der Waals surface area contributed by atoms with Gasteiger partial charge in [0.15, 0.2) is 5.82 Å². The number of para-hydroxylation sites is 2. The predicted molar refractivity (Wildman–Crippen MR) is 83.2 cm³/mol. The van der Waals surface area contributed by atoms with Gasteiger partial charge in [-0.2, -0.15) is 0 Å². The van der Waals surface area contributed by atoms with E-state index in [1.54, 1.807) is 0 Å². The van der Waals surface area contributed by atoms with Crippen molar-refractivity contribution in [3.05, 3.63) is 48.0 Å². The van der Waals surface area contributed by atoms with Gasteiger partial charge in [0, 0.05) is 5.56 Å². The second kappa shape index (κ2) is 4.74. The highest BCUT2D eigenvalue weighted by molar-refractivity contribution is 5.82. The summed E-state index contributed by atoms with van der Waals surface area (Å²) in [5.41, 5.74) is 10.7.